The zero-order valence-electron chi connectivity index (χ0n) is 14.3. The zero-order valence-corrected chi connectivity index (χ0v) is 15.1. The number of benzene rings is 1. The second-order valence-electron chi connectivity index (χ2n) is 6.75. The number of hydrogen-bond donors (Lipinski definition) is 0. The van der Waals surface area contributed by atoms with E-state index in [0.717, 1.165) is 50.5 Å². The molecule has 1 aromatic carbocycles. The Morgan fingerprint density at radius 2 is 1.75 bits per heavy atom. The lowest BCUT2D eigenvalue weighted by atomic mass is 9.95. The summed E-state index contributed by atoms with van der Waals surface area (Å²) in [7, 11) is 3.91. The number of anilines is 1. The standard InChI is InChI=1S/C18H24N4O.ClH/c1-21-16(18(10-11-18)14-6-4-3-5-7-14)19-20-17(21)22-12-8-15(23-2)9-13-22;/h3-7,15H,8-13H2,1-2H3;1H. The number of methoxy groups -OCH3 is 1. The fourth-order valence-electron chi connectivity index (χ4n) is 3.83. The molecule has 0 radical (unpaired) electrons. The minimum atomic E-state index is 0. The number of halogens is 1. The molecule has 2 aliphatic rings. The van der Waals surface area contributed by atoms with Crippen molar-refractivity contribution in [3.05, 3.63) is 41.7 Å². The third kappa shape index (κ3) is 2.80. The number of rotatable bonds is 4. The predicted molar refractivity (Wildman–Crippen MR) is 97.0 cm³/mol. The molecule has 130 valence electrons. The van der Waals surface area contributed by atoms with Crippen molar-refractivity contribution in [1.29, 1.82) is 0 Å². The van der Waals surface area contributed by atoms with E-state index in [2.05, 4.69) is 57.0 Å². The summed E-state index contributed by atoms with van der Waals surface area (Å²) < 4.78 is 7.66. The van der Waals surface area contributed by atoms with Gasteiger partial charge in [-0.3, -0.25) is 4.57 Å². The van der Waals surface area contributed by atoms with Gasteiger partial charge in [-0.15, -0.1) is 22.6 Å². The highest BCUT2D eigenvalue weighted by Gasteiger charge is 2.50. The van der Waals surface area contributed by atoms with Crippen molar-refractivity contribution in [2.45, 2.75) is 37.2 Å². The molecule has 0 N–H and O–H groups in total. The first kappa shape index (κ1) is 17.2. The van der Waals surface area contributed by atoms with E-state index in [4.69, 9.17) is 4.74 Å². The number of aromatic nitrogens is 3. The fourth-order valence-corrected chi connectivity index (χ4v) is 3.83. The Hall–Kier alpha value is -1.59. The molecule has 0 unspecified atom stereocenters. The van der Waals surface area contributed by atoms with Gasteiger partial charge in [-0.05, 0) is 31.2 Å². The minimum Gasteiger partial charge on any atom is -0.381 e. The Morgan fingerprint density at radius 3 is 2.33 bits per heavy atom. The summed E-state index contributed by atoms with van der Waals surface area (Å²) >= 11 is 0. The predicted octanol–water partition coefficient (Wildman–Crippen LogP) is 2.93. The molecule has 0 atom stereocenters. The molecule has 1 aromatic heterocycles. The number of ether oxygens (including phenoxy) is 1. The third-order valence-corrected chi connectivity index (χ3v) is 5.41. The highest BCUT2D eigenvalue weighted by Crippen LogP contribution is 2.52. The molecule has 2 fully saturated rings. The van der Waals surface area contributed by atoms with E-state index >= 15 is 0 Å². The van der Waals surface area contributed by atoms with Crippen molar-refractivity contribution in [3.63, 3.8) is 0 Å². The molecule has 1 aliphatic carbocycles. The Bertz CT molecular complexity index is 676. The lowest BCUT2D eigenvalue weighted by molar-refractivity contribution is 0.0815. The van der Waals surface area contributed by atoms with Crippen molar-refractivity contribution in [3.8, 4) is 0 Å². The Balaban J connectivity index is 0.00000169. The monoisotopic (exact) mass is 348 g/mol. The van der Waals surface area contributed by atoms with E-state index in [-0.39, 0.29) is 17.8 Å². The van der Waals surface area contributed by atoms with Crippen molar-refractivity contribution < 1.29 is 4.74 Å². The van der Waals surface area contributed by atoms with Crippen molar-refractivity contribution in [2.24, 2.45) is 7.05 Å². The van der Waals surface area contributed by atoms with Crippen LogP contribution in [0.5, 0.6) is 0 Å². The number of nitrogens with zero attached hydrogens (tertiary/aromatic N) is 4. The Labute approximate surface area is 149 Å². The molecule has 0 bridgehead atoms. The molecule has 0 spiro atoms. The van der Waals surface area contributed by atoms with Crippen LogP contribution in [0.3, 0.4) is 0 Å². The van der Waals surface area contributed by atoms with Gasteiger partial charge in [0.05, 0.1) is 11.5 Å². The minimum absolute atomic E-state index is 0. The van der Waals surface area contributed by atoms with Crippen LogP contribution in [0.4, 0.5) is 5.95 Å². The normalized spacial score (nSPS) is 19.8. The second-order valence-corrected chi connectivity index (χ2v) is 6.75. The first-order chi connectivity index (χ1) is 11.2. The number of piperidine rings is 1. The van der Waals surface area contributed by atoms with E-state index in [9.17, 15) is 0 Å². The first-order valence-electron chi connectivity index (χ1n) is 8.48. The first-order valence-corrected chi connectivity index (χ1v) is 8.48. The molecule has 1 saturated carbocycles. The molecule has 6 heteroatoms. The van der Waals surface area contributed by atoms with E-state index in [1.54, 1.807) is 7.11 Å². The van der Waals surface area contributed by atoms with Crippen molar-refractivity contribution in [1.82, 2.24) is 14.8 Å². The lowest BCUT2D eigenvalue weighted by Crippen LogP contribution is -2.38. The molecule has 24 heavy (non-hydrogen) atoms. The Morgan fingerprint density at radius 1 is 1.08 bits per heavy atom. The highest BCUT2D eigenvalue weighted by atomic mass is 35.5. The summed E-state index contributed by atoms with van der Waals surface area (Å²) in [6.45, 7) is 1.98. The quantitative estimate of drug-likeness (QED) is 0.852. The van der Waals surface area contributed by atoms with Gasteiger partial charge >= 0.3 is 0 Å². The SMILES string of the molecule is COC1CCN(c2nnc(C3(c4ccccc4)CC3)n2C)CC1.Cl. The van der Waals surface area contributed by atoms with Gasteiger partial charge in [0, 0.05) is 27.2 Å². The largest absolute Gasteiger partial charge is 0.381 e. The molecule has 1 saturated heterocycles. The summed E-state index contributed by atoms with van der Waals surface area (Å²) in [5.74, 6) is 2.10. The van der Waals surface area contributed by atoms with E-state index < -0.39 is 0 Å². The zero-order chi connectivity index (χ0) is 15.9. The third-order valence-electron chi connectivity index (χ3n) is 5.41. The van der Waals surface area contributed by atoms with Crippen LogP contribution in [0.15, 0.2) is 30.3 Å². The fraction of sp³-hybridized carbons (Fsp3) is 0.556. The molecule has 5 nitrogen and oxygen atoms in total. The van der Waals surface area contributed by atoms with E-state index in [1.165, 1.54) is 5.56 Å². The van der Waals surface area contributed by atoms with Gasteiger partial charge in [-0.2, -0.15) is 0 Å². The summed E-state index contributed by atoms with van der Waals surface area (Å²) in [6, 6.07) is 10.7. The van der Waals surface area contributed by atoms with E-state index in [1.807, 2.05) is 0 Å². The smallest absolute Gasteiger partial charge is 0.226 e. The summed E-state index contributed by atoms with van der Waals surface area (Å²) in [5.41, 5.74) is 1.44. The van der Waals surface area contributed by atoms with Crippen LogP contribution in [-0.4, -0.2) is 41.1 Å². The van der Waals surface area contributed by atoms with Gasteiger partial charge in [-0.25, -0.2) is 0 Å². The van der Waals surface area contributed by atoms with Crippen LogP contribution < -0.4 is 4.90 Å². The summed E-state index contributed by atoms with van der Waals surface area (Å²) in [6.07, 6.45) is 4.83. The van der Waals surface area contributed by atoms with Gasteiger partial charge < -0.3 is 9.64 Å². The average molecular weight is 349 g/mol. The molecule has 2 heterocycles. The maximum absolute atomic E-state index is 5.46. The van der Waals surface area contributed by atoms with Gasteiger partial charge in [0.15, 0.2) is 0 Å². The lowest BCUT2D eigenvalue weighted by Gasteiger charge is -2.31. The van der Waals surface area contributed by atoms with Crippen molar-refractivity contribution in [2.75, 3.05) is 25.1 Å². The van der Waals surface area contributed by atoms with Crippen molar-refractivity contribution >= 4 is 18.4 Å². The average Bonchev–Trinajstić information content (AvgIpc) is 3.33. The van der Waals surface area contributed by atoms with Crippen LogP contribution in [0.1, 0.15) is 37.1 Å². The van der Waals surface area contributed by atoms with E-state index in [0.29, 0.717) is 6.10 Å². The maximum Gasteiger partial charge on any atom is 0.226 e. The summed E-state index contributed by atoms with van der Waals surface area (Å²) in [5, 5.41) is 9.10. The summed E-state index contributed by atoms with van der Waals surface area (Å²) in [4.78, 5) is 2.34. The second kappa shape index (κ2) is 6.73. The molecular weight excluding hydrogens is 324 g/mol. The molecule has 4 rings (SSSR count). The molecule has 2 aromatic rings. The topological polar surface area (TPSA) is 43.2 Å². The maximum atomic E-state index is 5.46. The van der Waals surface area contributed by atoms with Gasteiger partial charge in [0.2, 0.25) is 5.95 Å². The van der Waals surface area contributed by atoms with Gasteiger partial charge in [0.1, 0.15) is 5.82 Å². The van der Waals surface area contributed by atoms with Gasteiger partial charge in [0.25, 0.3) is 0 Å². The number of hydrogen-bond acceptors (Lipinski definition) is 4. The highest BCUT2D eigenvalue weighted by molar-refractivity contribution is 5.85. The molecule has 1 aliphatic heterocycles. The Kier molecular flexibility index (Phi) is 4.83. The molecular formula is C18H25ClN4O. The van der Waals surface area contributed by atoms with Crippen LogP contribution in [0.25, 0.3) is 0 Å². The van der Waals surface area contributed by atoms with Gasteiger partial charge in [-0.1, -0.05) is 30.3 Å². The van der Waals surface area contributed by atoms with Crippen LogP contribution in [0.2, 0.25) is 0 Å². The van der Waals surface area contributed by atoms with Crippen LogP contribution >= 0.6 is 12.4 Å². The molecule has 0 amide bonds. The van der Waals surface area contributed by atoms with Crippen LogP contribution in [-0.2, 0) is 17.2 Å². The van der Waals surface area contributed by atoms with Crippen LogP contribution in [0, 0.1) is 0 Å².